The number of nitrogens with zero attached hydrogens (tertiary/aromatic N) is 1. The zero-order chi connectivity index (χ0) is 14.7. The summed E-state index contributed by atoms with van der Waals surface area (Å²) in [7, 11) is 0. The molecule has 3 rings (SSSR count). The monoisotopic (exact) mass is 285 g/mol. The zero-order valence-electron chi connectivity index (χ0n) is 11.5. The van der Waals surface area contributed by atoms with E-state index in [1.165, 1.54) is 0 Å². The van der Waals surface area contributed by atoms with E-state index < -0.39 is 0 Å². The highest BCUT2D eigenvalue weighted by Gasteiger charge is 2.17. The molecule has 0 bridgehead atoms. The lowest BCUT2D eigenvalue weighted by Crippen LogP contribution is -2.25. The van der Waals surface area contributed by atoms with Gasteiger partial charge in [-0.15, -0.1) is 0 Å². The molecule has 0 saturated carbocycles. The van der Waals surface area contributed by atoms with Crippen LogP contribution in [0, 0.1) is 5.82 Å². The second-order valence-electron chi connectivity index (χ2n) is 5.08. The molecule has 1 aromatic heterocycles. The number of nitrogens with one attached hydrogen (secondary N) is 2. The maximum atomic E-state index is 14.4. The Morgan fingerprint density at radius 3 is 3.10 bits per heavy atom. The number of hydrogen-bond donors (Lipinski definition) is 2. The fraction of sp³-hybridized carbons (Fsp3) is 0.250. The highest BCUT2D eigenvalue weighted by molar-refractivity contribution is 5.92. The van der Waals surface area contributed by atoms with E-state index in [0.29, 0.717) is 18.5 Å². The van der Waals surface area contributed by atoms with E-state index in [0.717, 1.165) is 17.7 Å². The first-order valence-corrected chi connectivity index (χ1v) is 6.94. The Bertz CT molecular complexity index is 658. The second kappa shape index (κ2) is 6.01. The van der Waals surface area contributed by atoms with E-state index >= 15 is 0 Å². The fourth-order valence-corrected chi connectivity index (χ4v) is 2.51. The summed E-state index contributed by atoms with van der Waals surface area (Å²) in [6.07, 6.45) is 4.12. The summed E-state index contributed by atoms with van der Waals surface area (Å²) in [5.41, 5.74) is 2.72. The van der Waals surface area contributed by atoms with E-state index in [2.05, 4.69) is 15.6 Å². The number of amides is 1. The molecule has 0 fully saturated rings. The topological polar surface area (TPSA) is 54.0 Å². The molecule has 5 heteroatoms. The molecule has 0 saturated heterocycles. The largest absolute Gasteiger partial charge is 0.323 e. The van der Waals surface area contributed by atoms with E-state index in [4.69, 9.17) is 0 Å². The molecule has 0 atom stereocenters. The summed E-state index contributed by atoms with van der Waals surface area (Å²) in [5.74, 6) is -0.552. The molecule has 1 aliphatic heterocycles. The number of pyridine rings is 1. The minimum Gasteiger partial charge on any atom is -0.323 e. The Kier molecular flexibility index (Phi) is 3.92. The van der Waals surface area contributed by atoms with Gasteiger partial charge in [0.05, 0.1) is 12.1 Å². The lowest BCUT2D eigenvalue weighted by Gasteiger charge is -2.19. The van der Waals surface area contributed by atoms with Crippen molar-refractivity contribution in [3.63, 3.8) is 0 Å². The summed E-state index contributed by atoms with van der Waals surface area (Å²) in [4.78, 5) is 15.9. The Balaban J connectivity index is 1.74. The van der Waals surface area contributed by atoms with Crippen molar-refractivity contribution in [1.29, 1.82) is 0 Å². The van der Waals surface area contributed by atoms with Gasteiger partial charge in [-0.05, 0) is 41.8 Å². The molecule has 4 nitrogen and oxygen atoms in total. The fourth-order valence-electron chi connectivity index (χ4n) is 2.51. The Hall–Kier alpha value is -2.27. The van der Waals surface area contributed by atoms with Crippen LogP contribution in [-0.2, 0) is 24.2 Å². The first-order valence-electron chi connectivity index (χ1n) is 6.94. The van der Waals surface area contributed by atoms with Crippen molar-refractivity contribution in [2.24, 2.45) is 0 Å². The lowest BCUT2D eigenvalue weighted by molar-refractivity contribution is -0.115. The Morgan fingerprint density at radius 1 is 1.38 bits per heavy atom. The van der Waals surface area contributed by atoms with Crippen molar-refractivity contribution in [1.82, 2.24) is 10.3 Å². The van der Waals surface area contributed by atoms with Crippen molar-refractivity contribution >= 4 is 11.6 Å². The van der Waals surface area contributed by atoms with Crippen molar-refractivity contribution in [3.05, 3.63) is 59.2 Å². The van der Waals surface area contributed by atoms with Crippen LogP contribution in [0.15, 0.2) is 36.7 Å². The summed E-state index contributed by atoms with van der Waals surface area (Å²) in [6, 6.07) is 7.09. The molecular formula is C16H16FN3O. The molecule has 2 aromatic rings. The van der Waals surface area contributed by atoms with Crippen LogP contribution in [0.3, 0.4) is 0 Å². The third-order valence-electron chi connectivity index (χ3n) is 3.57. The van der Waals surface area contributed by atoms with Crippen LogP contribution in [-0.4, -0.2) is 17.4 Å². The average Bonchev–Trinajstić information content (AvgIpc) is 2.51. The molecule has 1 amide bonds. The number of carbonyl (C=O) groups excluding carboxylic acids is 1. The molecule has 1 aliphatic rings. The quantitative estimate of drug-likeness (QED) is 0.907. The SMILES string of the molecule is O=C(Cc1cccnc1)Nc1ccc2c(c1F)CCNC2. The van der Waals surface area contributed by atoms with Crippen LogP contribution in [0.1, 0.15) is 16.7 Å². The normalized spacial score (nSPS) is 13.6. The van der Waals surface area contributed by atoms with Gasteiger partial charge in [-0.1, -0.05) is 12.1 Å². The molecule has 21 heavy (non-hydrogen) atoms. The van der Waals surface area contributed by atoms with Crippen LogP contribution in [0.4, 0.5) is 10.1 Å². The second-order valence-corrected chi connectivity index (χ2v) is 5.08. The van der Waals surface area contributed by atoms with Gasteiger partial charge in [0.1, 0.15) is 5.82 Å². The Labute approximate surface area is 122 Å². The van der Waals surface area contributed by atoms with E-state index in [1.807, 2.05) is 12.1 Å². The predicted octanol–water partition coefficient (Wildman–Crippen LogP) is 2.05. The van der Waals surface area contributed by atoms with Gasteiger partial charge in [0.15, 0.2) is 0 Å². The molecule has 0 unspecified atom stereocenters. The van der Waals surface area contributed by atoms with Crippen molar-refractivity contribution in [2.75, 3.05) is 11.9 Å². The van der Waals surface area contributed by atoms with E-state index in [-0.39, 0.29) is 23.8 Å². The standard InChI is InChI=1S/C16H16FN3O/c17-16-13-5-7-19-10-12(13)3-4-14(16)20-15(21)8-11-2-1-6-18-9-11/h1-4,6,9,19H,5,7-8,10H2,(H,20,21). The molecular weight excluding hydrogens is 269 g/mol. The van der Waals surface area contributed by atoms with E-state index in [9.17, 15) is 9.18 Å². The van der Waals surface area contributed by atoms with Gasteiger partial charge in [0.2, 0.25) is 5.91 Å². The number of rotatable bonds is 3. The highest BCUT2D eigenvalue weighted by atomic mass is 19.1. The van der Waals surface area contributed by atoms with Crippen LogP contribution in [0.25, 0.3) is 0 Å². The molecule has 2 N–H and O–H groups in total. The van der Waals surface area contributed by atoms with Gasteiger partial charge < -0.3 is 10.6 Å². The number of anilines is 1. The Morgan fingerprint density at radius 2 is 2.29 bits per heavy atom. The van der Waals surface area contributed by atoms with E-state index in [1.54, 1.807) is 24.5 Å². The molecule has 108 valence electrons. The highest BCUT2D eigenvalue weighted by Crippen LogP contribution is 2.24. The van der Waals surface area contributed by atoms with Crippen molar-refractivity contribution in [3.8, 4) is 0 Å². The number of halogens is 1. The molecule has 0 aliphatic carbocycles. The molecule has 2 heterocycles. The summed E-state index contributed by atoms with van der Waals surface area (Å²) >= 11 is 0. The third-order valence-corrected chi connectivity index (χ3v) is 3.57. The first kappa shape index (κ1) is 13.7. The van der Waals surface area contributed by atoms with Crippen molar-refractivity contribution in [2.45, 2.75) is 19.4 Å². The van der Waals surface area contributed by atoms with Crippen LogP contribution in [0.2, 0.25) is 0 Å². The number of carbonyl (C=O) groups is 1. The average molecular weight is 285 g/mol. The zero-order valence-corrected chi connectivity index (χ0v) is 11.5. The number of hydrogen-bond acceptors (Lipinski definition) is 3. The van der Waals surface area contributed by atoms with Crippen molar-refractivity contribution < 1.29 is 9.18 Å². The van der Waals surface area contributed by atoms with Gasteiger partial charge >= 0.3 is 0 Å². The van der Waals surface area contributed by atoms with Crippen LogP contribution < -0.4 is 10.6 Å². The van der Waals surface area contributed by atoms with Gasteiger partial charge in [-0.25, -0.2) is 4.39 Å². The maximum absolute atomic E-state index is 14.4. The smallest absolute Gasteiger partial charge is 0.228 e. The molecule has 1 aromatic carbocycles. The van der Waals surface area contributed by atoms with Gasteiger partial charge in [0, 0.05) is 18.9 Å². The molecule has 0 radical (unpaired) electrons. The summed E-state index contributed by atoms with van der Waals surface area (Å²) in [6.45, 7) is 1.44. The minimum absolute atomic E-state index is 0.186. The number of benzene rings is 1. The van der Waals surface area contributed by atoms with Crippen LogP contribution >= 0.6 is 0 Å². The van der Waals surface area contributed by atoms with Crippen LogP contribution in [0.5, 0.6) is 0 Å². The van der Waals surface area contributed by atoms with Gasteiger partial charge in [-0.2, -0.15) is 0 Å². The first-order chi connectivity index (χ1) is 10.2. The third kappa shape index (κ3) is 3.08. The maximum Gasteiger partial charge on any atom is 0.228 e. The summed E-state index contributed by atoms with van der Waals surface area (Å²) < 4.78 is 14.4. The number of fused-ring (bicyclic) bond motifs is 1. The number of aromatic nitrogens is 1. The molecule has 0 spiro atoms. The minimum atomic E-state index is -0.312. The van der Waals surface area contributed by atoms with Gasteiger partial charge in [-0.3, -0.25) is 9.78 Å². The summed E-state index contributed by atoms with van der Waals surface area (Å²) in [5, 5.41) is 5.85. The lowest BCUT2D eigenvalue weighted by atomic mass is 9.99. The predicted molar refractivity (Wildman–Crippen MR) is 78.4 cm³/mol. The van der Waals surface area contributed by atoms with Gasteiger partial charge in [0.25, 0.3) is 0 Å².